The van der Waals surface area contributed by atoms with Crippen molar-refractivity contribution in [3.8, 4) is 5.75 Å². The molecule has 0 aliphatic carbocycles. The van der Waals surface area contributed by atoms with Gasteiger partial charge in [0, 0.05) is 11.9 Å². The number of carboxylic acids is 1. The number of methoxy groups -OCH3 is 1. The van der Waals surface area contributed by atoms with Gasteiger partial charge < -0.3 is 14.4 Å². The molecule has 0 aliphatic heterocycles. The van der Waals surface area contributed by atoms with Crippen molar-refractivity contribution in [3.63, 3.8) is 0 Å². The van der Waals surface area contributed by atoms with Crippen LogP contribution in [0.1, 0.15) is 23.7 Å². The number of aryl methyl sites for hydroxylation is 1. The summed E-state index contributed by atoms with van der Waals surface area (Å²) in [6, 6.07) is 5.34. The number of nitrogens with zero attached hydrogens (tertiary/aromatic N) is 1. The third-order valence-corrected chi connectivity index (χ3v) is 3.26. The molecule has 1 heterocycles. The number of hydrogen-bond acceptors (Lipinski definition) is 2. The lowest BCUT2D eigenvalue weighted by atomic mass is 10.1. The molecule has 0 saturated heterocycles. The molecule has 0 unspecified atom stereocenters. The minimum atomic E-state index is -1.02. The maximum atomic E-state index is 11.3. The molecule has 18 heavy (non-hydrogen) atoms. The van der Waals surface area contributed by atoms with Gasteiger partial charge in [-0.05, 0) is 24.6 Å². The summed E-state index contributed by atoms with van der Waals surface area (Å²) in [6.07, 6.45) is 0.884. The minimum Gasteiger partial charge on any atom is -0.497 e. The number of halogens is 1. The highest BCUT2D eigenvalue weighted by Gasteiger charge is 2.20. The number of carbonyl (C=O) groups is 1. The average molecular weight is 268 g/mol. The van der Waals surface area contributed by atoms with E-state index in [4.69, 9.17) is 16.3 Å². The van der Waals surface area contributed by atoms with Crippen molar-refractivity contribution in [2.45, 2.75) is 19.9 Å². The molecule has 4 nitrogen and oxygen atoms in total. The van der Waals surface area contributed by atoms with Crippen molar-refractivity contribution < 1.29 is 14.6 Å². The zero-order valence-corrected chi connectivity index (χ0v) is 11.0. The third-order valence-electron chi connectivity index (χ3n) is 2.87. The van der Waals surface area contributed by atoms with Crippen LogP contribution in [0.25, 0.3) is 10.9 Å². The van der Waals surface area contributed by atoms with E-state index in [9.17, 15) is 9.90 Å². The molecule has 1 aromatic heterocycles. The van der Waals surface area contributed by atoms with E-state index in [0.717, 1.165) is 11.9 Å². The second-order valence-electron chi connectivity index (χ2n) is 4.01. The Kier molecular flexibility index (Phi) is 3.48. The Bertz CT molecular complexity index is 604. The molecule has 0 atom stereocenters. The monoisotopic (exact) mass is 267 g/mol. The van der Waals surface area contributed by atoms with E-state index in [1.54, 1.807) is 19.2 Å². The predicted octanol–water partition coefficient (Wildman–Crippen LogP) is 3.41. The quantitative estimate of drug-likeness (QED) is 0.923. The molecule has 0 radical (unpaired) electrons. The van der Waals surface area contributed by atoms with Gasteiger partial charge >= 0.3 is 5.97 Å². The van der Waals surface area contributed by atoms with Crippen LogP contribution < -0.4 is 4.74 Å². The summed E-state index contributed by atoms with van der Waals surface area (Å²) in [5, 5.41) is 10.2. The normalized spacial score (nSPS) is 10.8. The Balaban J connectivity index is 2.79. The molecule has 0 spiro atoms. The molecule has 0 bridgehead atoms. The van der Waals surface area contributed by atoms with Gasteiger partial charge in [-0.15, -0.1) is 0 Å². The van der Waals surface area contributed by atoms with Gasteiger partial charge in [0.05, 0.1) is 12.6 Å². The van der Waals surface area contributed by atoms with Crippen molar-refractivity contribution >= 4 is 28.5 Å². The standard InChI is InChI=1S/C13H14ClNO3/c1-3-6-15-10-5-4-8(18-2)7-9(10)11(12(15)14)13(16)17/h4-5,7H,3,6H2,1-2H3,(H,16,17). The van der Waals surface area contributed by atoms with E-state index >= 15 is 0 Å². The zero-order valence-electron chi connectivity index (χ0n) is 10.2. The van der Waals surface area contributed by atoms with Gasteiger partial charge in [-0.1, -0.05) is 18.5 Å². The molecule has 5 heteroatoms. The lowest BCUT2D eigenvalue weighted by molar-refractivity contribution is 0.0699. The number of aromatic nitrogens is 1. The summed E-state index contributed by atoms with van der Waals surface area (Å²) in [7, 11) is 1.55. The van der Waals surface area contributed by atoms with Gasteiger partial charge in [-0.3, -0.25) is 0 Å². The fraction of sp³-hybridized carbons (Fsp3) is 0.308. The van der Waals surface area contributed by atoms with E-state index in [0.29, 0.717) is 17.7 Å². The maximum absolute atomic E-state index is 11.3. The number of aromatic carboxylic acids is 1. The molecule has 2 rings (SSSR count). The summed E-state index contributed by atoms with van der Waals surface area (Å²) in [6.45, 7) is 2.71. The number of carboxylic acid groups (broad SMARTS) is 1. The first kappa shape index (κ1) is 12.8. The molecule has 0 aliphatic rings. The Labute approximate surface area is 110 Å². The van der Waals surface area contributed by atoms with Crippen LogP contribution in [-0.2, 0) is 6.54 Å². The van der Waals surface area contributed by atoms with Crippen molar-refractivity contribution in [2.75, 3.05) is 7.11 Å². The first-order valence-corrected chi connectivity index (χ1v) is 6.07. The second kappa shape index (κ2) is 4.90. The molecule has 1 aromatic carbocycles. The largest absolute Gasteiger partial charge is 0.497 e. The van der Waals surface area contributed by atoms with Crippen LogP contribution in [0.15, 0.2) is 18.2 Å². The Morgan fingerprint density at radius 1 is 1.50 bits per heavy atom. The highest BCUT2D eigenvalue weighted by molar-refractivity contribution is 6.35. The first-order chi connectivity index (χ1) is 8.60. The van der Waals surface area contributed by atoms with Gasteiger partial charge in [0.15, 0.2) is 0 Å². The molecule has 0 saturated carbocycles. The first-order valence-electron chi connectivity index (χ1n) is 5.69. The summed E-state index contributed by atoms with van der Waals surface area (Å²) in [5.41, 5.74) is 0.957. The molecule has 1 N–H and O–H groups in total. The SMILES string of the molecule is CCCn1c(Cl)c(C(=O)O)c2cc(OC)ccc21. The Hall–Kier alpha value is -1.68. The average Bonchev–Trinajstić information content (AvgIpc) is 2.62. The summed E-state index contributed by atoms with van der Waals surface area (Å²) < 4.78 is 6.94. The van der Waals surface area contributed by atoms with E-state index in [1.807, 2.05) is 17.6 Å². The fourth-order valence-corrected chi connectivity index (χ4v) is 2.43. The molecular weight excluding hydrogens is 254 g/mol. The van der Waals surface area contributed by atoms with Gasteiger partial charge in [0.2, 0.25) is 0 Å². The summed E-state index contributed by atoms with van der Waals surface area (Å²) in [5.74, 6) is -0.400. The van der Waals surface area contributed by atoms with Crippen LogP contribution in [0.2, 0.25) is 5.15 Å². The lowest BCUT2D eigenvalue weighted by Gasteiger charge is -2.05. The van der Waals surface area contributed by atoms with E-state index in [-0.39, 0.29) is 10.7 Å². The Morgan fingerprint density at radius 3 is 2.78 bits per heavy atom. The maximum Gasteiger partial charge on any atom is 0.339 e. The van der Waals surface area contributed by atoms with Crippen LogP contribution in [0.4, 0.5) is 0 Å². The van der Waals surface area contributed by atoms with Crippen molar-refractivity contribution in [3.05, 3.63) is 28.9 Å². The molecule has 96 valence electrons. The number of benzene rings is 1. The fourth-order valence-electron chi connectivity index (χ4n) is 2.08. The van der Waals surface area contributed by atoms with Gasteiger partial charge in [-0.25, -0.2) is 4.79 Å². The van der Waals surface area contributed by atoms with Gasteiger partial charge in [0.25, 0.3) is 0 Å². The van der Waals surface area contributed by atoms with E-state index in [2.05, 4.69) is 0 Å². The minimum absolute atomic E-state index is 0.138. The van der Waals surface area contributed by atoms with Crippen LogP contribution in [-0.4, -0.2) is 22.8 Å². The third kappa shape index (κ3) is 1.93. The second-order valence-corrected chi connectivity index (χ2v) is 4.36. The molecular formula is C13H14ClNO3. The van der Waals surface area contributed by atoms with E-state index < -0.39 is 5.97 Å². The van der Waals surface area contributed by atoms with Gasteiger partial charge in [0.1, 0.15) is 16.5 Å². The van der Waals surface area contributed by atoms with Crippen molar-refractivity contribution in [2.24, 2.45) is 0 Å². The Morgan fingerprint density at radius 2 is 2.22 bits per heavy atom. The summed E-state index contributed by atoms with van der Waals surface area (Å²) in [4.78, 5) is 11.3. The number of ether oxygens (including phenoxy) is 1. The number of fused-ring (bicyclic) bond motifs is 1. The number of rotatable bonds is 4. The van der Waals surface area contributed by atoms with Crippen LogP contribution in [0.5, 0.6) is 5.75 Å². The highest BCUT2D eigenvalue weighted by Crippen LogP contribution is 2.32. The van der Waals surface area contributed by atoms with E-state index in [1.165, 1.54) is 0 Å². The zero-order chi connectivity index (χ0) is 13.3. The topological polar surface area (TPSA) is 51.5 Å². The lowest BCUT2D eigenvalue weighted by Crippen LogP contribution is -1.99. The molecule has 0 amide bonds. The molecule has 0 fully saturated rings. The number of hydrogen-bond donors (Lipinski definition) is 1. The van der Waals surface area contributed by atoms with Gasteiger partial charge in [-0.2, -0.15) is 0 Å². The van der Waals surface area contributed by atoms with Crippen LogP contribution in [0.3, 0.4) is 0 Å². The van der Waals surface area contributed by atoms with Crippen LogP contribution in [0, 0.1) is 0 Å². The molecule has 2 aromatic rings. The predicted molar refractivity (Wildman–Crippen MR) is 70.8 cm³/mol. The van der Waals surface area contributed by atoms with Crippen molar-refractivity contribution in [1.82, 2.24) is 4.57 Å². The van der Waals surface area contributed by atoms with Crippen molar-refractivity contribution in [1.29, 1.82) is 0 Å². The highest BCUT2D eigenvalue weighted by atomic mass is 35.5. The van der Waals surface area contributed by atoms with Crippen LogP contribution >= 0.6 is 11.6 Å². The smallest absolute Gasteiger partial charge is 0.339 e. The summed E-state index contributed by atoms with van der Waals surface area (Å²) >= 11 is 6.16.